The Kier molecular flexibility index (Phi) is 3.02. The van der Waals surface area contributed by atoms with Gasteiger partial charge >= 0.3 is 0 Å². The molecule has 2 amide bonds. The number of hydrazone groups is 1. The van der Waals surface area contributed by atoms with Crippen molar-refractivity contribution >= 4 is 40.6 Å². The third-order valence-electron chi connectivity index (χ3n) is 4.63. The average Bonchev–Trinajstić information content (AvgIpc) is 3.03. The van der Waals surface area contributed by atoms with E-state index in [4.69, 9.17) is 4.42 Å². The van der Waals surface area contributed by atoms with Crippen molar-refractivity contribution in [3.63, 3.8) is 0 Å². The number of halogens is 1. The molecular weight excluding hydrogens is 383 g/mol. The molecule has 0 unspecified atom stereocenters. The number of rotatable bonds is 2. The summed E-state index contributed by atoms with van der Waals surface area (Å²) in [5.41, 5.74) is 0. The standard InChI is InChI=1S/C15H13IN2O3/c16-11-6-5-10(21-11)7-17-18-14(19)12-8-1-2-9(4-3-8)13(12)15(18)20/h1-2,5-9,12-13H,3-4H2/b17-7-/t8-,9-,12-,13-/m0/s1. The van der Waals surface area contributed by atoms with E-state index in [0.29, 0.717) is 5.76 Å². The minimum absolute atomic E-state index is 0.165. The minimum Gasteiger partial charge on any atom is -0.449 e. The molecule has 0 spiro atoms. The lowest BCUT2D eigenvalue weighted by atomic mass is 9.63. The smallest absolute Gasteiger partial charge is 0.254 e. The molecule has 4 aliphatic rings. The van der Waals surface area contributed by atoms with Crippen LogP contribution in [0.15, 0.2) is 33.8 Å². The maximum atomic E-state index is 12.5. The highest BCUT2D eigenvalue weighted by molar-refractivity contribution is 14.1. The van der Waals surface area contributed by atoms with Crippen LogP contribution in [-0.4, -0.2) is 23.0 Å². The Morgan fingerprint density at radius 2 is 1.76 bits per heavy atom. The zero-order valence-electron chi connectivity index (χ0n) is 11.1. The fraction of sp³-hybridized carbons (Fsp3) is 0.400. The highest BCUT2D eigenvalue weighted by Gasteiger charge is 2.56. The van der Waals surface area contributed by atoms with Crippen LogP contribution in [0, 0.1) is 27.4 Å². The Morgan fingerprint density at radius 1 is 1.14 bits per heavy atom. The molecule has 0 radical (unpaired) electrons. The van der Waals surface area contributed by atoms with Gasteiger partial charge in [-0.05, 0) is 59.4 Å². The Hall–Kier alpha value is -1.44. The van der Waals surface area contributed by atoms with Gasteiger partial charge in [-0.3, -0.25) is 9.59 Å². The number of carbonyl (C=O) groups is 2. The largest absolute Gasteiger partial charge is 0.449 e. The van der Waals surface area contributed by atoms with Crippen LogP contribution in [0.1, 0.15) is 18.6 Å². The maximum Gasteiger partial charge on any atom is 0.254 e. The second-order valence-electron chi connectivity index (χ2n) is 5.72. The first kappa shape index (κ1) is 13.2. The second kappa shape index (κ2) is 4.79. The number of hydrogen-bond donors (Lipinski definition) is 0. The summed E-state index contributed by atoms with van der Waals surface area (Å²) in [5, 5.41) is 5.12. The van der Waals surface area contributed by atoms with Crippen LogP contribution in [-0.2, 0) is 9.59 Å². The van der Waals surface area contributed by atoms with E-state index in [9.17, 15) is 9.59 Å². The fourth-order valence-electron chi connectivity index (χ4n) is 3.68. The predicted octanol–water partition coefficient (Wildman–Crippen LogP) is 2.42. The van der Waals surface area contributed by atoms with Gasteiger partial charge in [-0.15, -0.1) is 0 Å². The number of fused-ring (bicyclic) bond motifs is 1. The number of imide groups is 1. The molecule has 1 saturated heterocycles. The van der Waals surface area contributed by atoms with Crippen LogP contribution in [0.4, 0.5) is 0 Å². The number of allylic oxidation sites excluding steroid dienone is 2. The molecule has 108 valence electrons. The molecule has 2 heterocycles. The number of carbonyl (C=O) groups excluding carboxylic acids is 2. The Bertz CT molecular complexity index is 646. The summed E-state index contributed by atoms with van der Waals surface area (Å²) < 4.78 is 6.10. The lowest BCUT2D eigenvalue weighted by molar-refractivity contribution is -0.140. The summed E-state index contributed by atoms with van der Waals surface area (Å²) in [6, 6.07) is 3.56. The Morgan fingerprint density at radius 3 is 2.24 bits per heavy atom. The van der Waals surface area contributed by atoms with Crippen molar-refractivity contribution in [3.8, 4) is 0 Å². The molecule has 21 heavy (non-hydrogen) atoms. The molecule has 4 atom stereocenters. The van der Waals surface area contributed by atoms with Gasteiger partial charge in [0.05, 0.1) is 18.1 Å². The van der Waals surface area contributed by atoms with Crippen LogP contribution in [0.3, 0.4) is 0 Å². The lowest BCUT2D eigenvalue weighted by Gasteiger charge is -2.37. The summed E-state index contributed by atoms with van der Waals surface area (Å²) >= 11 is 2.05. The van der Waals surface area contributed by atoms with Crippen LogP contribution >= 0.6 is 22.6 Å². The molecule has 0 N–H and O–H groups in total. The first-order chi connectivity index (χ1) is 10.1. The van der Waals surface area contributed by atoms with Gasteiger partial charge in [0.25, 0.3) is 11.8 Å². The molecule has 1 saturated carbocycles. The third-order valence-corrected chi connectivity index (χ3v) is 5.21. The van der Waals surface area contributed by atoms with Gasteiger partial charge in [0, 0.05) is 0 Å². The first-order valence-corrected chi connectivity index (χ1v) is 8.08. The van der Waals surface area contributed by atoms with Crippen molar-refractivity contribution in [2.45, 2.75) is 12.8 Å². The topological polar surface area (TPSA) is 62.9 Å². The molecule has 6 heteroatoms. The van der Waals surface area contributed by atoms with Crippen molar-refractivity contribution in [1.29, 1.82) is 0 Å². The van der Waals surface area contributed by atoms with E-state index in [1.165, 1.54) is 6.21 Å². The van der Waals surface area contributed by atoms with Gasteiger partial charge in [0.2, 0.25) is 0 Å². The number of amides is 2. The van der Waals surface area contributed by atoms with Crippen molar-refractivity contribution in [1.82, 2.24) is 5.01 Å². The summed E-state index contributed by atoms with van der Waals surface area (Å²) in [7, 11) is 0. The molecule has 5 rings (SSSR count). The van der Waals surface area contributed by atoms with Gasteiger partial charge in [-0.25, -0.2) is 0 Å². The van der Waals surface area contributed by atoms with E-state index in [0.717, 1.165) is 21.6 Å². The molecule has 2 fully saturated rings. The number of nitrogens with zero attached hydrogens (tertiary/aromatic N) is 2. The molecule has 2 bridgehead atoms. The highest BCUT2D eigenvalue weighted by Crippen LogP contribution is 2.49. The van der Waals surface area contributed by atoms with Gasteiger partial charge in [-0.2, -0.15) is 10.1 Å². The average molecular weight is 396 g/mol. The molecule has 1 aliphatic heterocycles. The van der Waals surface area contributed by atoms with E-state index in [1.54, 1.807) is 12.1 Å². The lowest BCUT2D eigenvalue weighted by Crippen LogP contribution is -2.38. The number of hydrogen-bond acceptors (Lipinski definition) is 4. The Balaban J connectivity index is 1.62. The summed E-state index contributed by atoms with van der Waals surface area (Å²) in [6.07, 6.45) is 7.63. The van der Waals surface area contributed by atoms with Crippen molar-refractivity contribution in [2.24, 2.45) is 28.8 Å². The normalized spacial score (nSPS) is 34.2. The first-order valence-electron chi connectivity index (χ1n) is 7.00. The highest BCUT2D eigenvalue weighted by atomic mass is 127. The van der Waals surface area contributed by atoms with E-state index >= 15 is 0 Å². The van der Waals surface area contributed by atoms with Gasteiger partial charge in [0.1, 0.15) is 5.76 Å². The molecule has 3 aliphatic carbocycles. The SMILES string of the molecule is O=C1[C@@H]2[C@@H](C(=O)N1/N=C\c1ccc(I)o1)[C@H]1C=C[C@H]2CC1. The van der Waals surface area contributed by atoms with Crippen LogP contribution < -0.4 is 0 Å². The fourth-order valence-corrected chi connectivity index (χ4v) is 4.12. The van der Waals surface area contributed by atoms with E-state index < -0.39 is 0 Å². The zero-order chi connectivity index (χ0) is 14.6. The minimum atomic E-state index is -0.213. The van der Waals surface area contributed by atoms with E-state index in [-0.39, 0.29) is 35.5 Å². The van der Waals surface area contributed by atoms with Gasteiger partial charge in [0.15, 0.2) is 3.77 Å². The zero-order valence-corrected chi connectivity index (χ0v) is 13.3. The summed E-state index contributed by atoms with van der Waals surface area (Å²) in [6.45, 7) is 0. The van der Waals surface area contributed by atoms with Crippen molar-refractivity contribution in [2.75, 3.05) is 0 Å². The quantitative estimate of drug-likeness (QED) is 0.334. The molecule has 5 nitrogen and oxygen atoms in total. The van der Waals surface area contributed by atoms with Crippen molar-refractivity contribution < 1.29 is 14.0 Å². The Labute approximate surface area is 135 Å². The molecule has 0 aromatic carbocycles. The third kappa shape index (κ3) is 1.99. The van der Waals surface area contributed by atoms with Gasteiger partial charge < -0.3 is 4.42 Å². The number of furan rings is 1. The van der Waals surface area contributed by atoms with E-state index in [2.05, 4.69) is 39.8 Å². The predicted molar refractivity (Wildman–Crippen MR) is 83.2 cm³/mol. The maximum absolute atomic E-state index is 12.5. The summed E-state index contributed by atoms with van der Waals surface area (Å²) in [5.74, 6) is 0.173. The van der Waals surface area contributed by atoms with E-state index in [1.807, 2.05) is 0 Å². The second-order valence-corrected chi connectivity index (χ2v) is 6.78. The summed E-state index contributed by atoms with van der Waals surface area (Å²) in [4.78, 5) is 25.0. The van der Waals surface area contributed by atoms with Crippen LogP contribution in [0.5, 0.6) is 0 Å². The van der Waals surface area contributed by atoms with Crippen LogP contribution in [0.25, 0.3) is 0 Å². The molecular formula is C15H13IN2O3. The van der Waals surface area contributed by atoms with Crippen LogP contribution in [0.2, 0.25) is 0 Å². The molecule has 1 aromatic heterocycles. The van der Waals surface area contributed by atoms with Gasteiger partial charge in [-0.1, -0.05) is 12.2 Å². The van der Waals surface area contributed by atoms with Crippen molar-refractivity contribution in [3.05, 3.63) is 33.8 Å². The molecule has 1 aromatic rings. The monoisotopic (exact) mass is 396 g/mol.